The van der Waals surface area contributed by atoms with Gasteiger partial charge in [-0.1, -0.05) is 0 Å². The summed E-state index contributed by atoms with van der Waals surface area (Å²) in [6, 6.07) is 9.12. The minimum Gasteiger partial charge on any atom is -0.459 e. The van der Waals surface area contributed by atoms with Gasteiger partial charge in [0.1, 0.15) is 6.07 Å². The van der Waals surface area contributed by atoms with Gasteiger partial charge in [-0.25, -0.2) is 4.79 Å². The first-order valence-electron chi connectivity index (χ1n) is 8.86. The summed E-state index contributed by atoms with van der Waals surface area (Å²) < 4.78 is 11.0. The summed E-state index contributed by atoms with van der Waals surface area (Å²) in [7, 11) is 0. The van der Waals surface area contributed by atoms with E-state index in [0.717, 1.165) is 5.56 Å². The van der Waals surface area contributed by atoms with Crippen LogP contribution in [0.2, 0.25) is 0 Å². The maximum Gasteiger partial charge on any atom is 0.317 e. The molecule has 2 amide bonds. The molecule has 4 rings (SSSR count). The van der Waals surface area contributed by atoms with Gasteiger partial charge in [-0.05, 0) is 29.8 Å². The van der Waals surface area contributed by atoms with E-state index in [1.54, 1.807) is 29.4 Å². The molecule has 9 heteroatoms. The Hall–Kier alpha value is -3.80. The van der Waals surface area contributed by atoms with Gasteiger partial charge in [0.15, 0.2) is 5.76 Å². The lowest BCUT2D eigenvalue weighted by molar-refractivity contribution is 0.193. The maximum absolute atomic E-state index is 12.4. The van der Waals surface area contributed by atoms with Crippen LogP contribution in [0.5, 0.6) is 0 Å². The first-order chi connectivity index (χ1) is 13.7. The SMILES string of the molecule is N#Cc1nc(-c2ccco2)oc1N1CCN(C(=O)NCc2ccncc2)CC1. The Kier molecular flexibility index (Phi) is 4.93. The van der Waals surface area contributed by atoms with E-state index in [2.05, 4.69) is 21.4 Å². The summed E-state index contributed by atoms with van der Waals surface area (Å²) in [5.74, 6) is 1.15. The standard InChI is InChI=1S/C19H18N6O3/c20-12-15-18(28-17(23-15)16-2-1-11-27-16)24-7-9-25(10-8-24)19(26)22-13-14-3-5-21-6-4-14/h1-6,11H,7-10,13H2,(H,22,26). The van der Waals surface area contributed by atoms with Crippen molar-refractivity contribution in [2.45, 2.75) is 6.54 Å². The Morgan fingerprint density at radius 3 is 2.68 bits per heavy atom. The summed E-state index contributed by atoms with van der Waals surface area (Å²) in [6.45, 7) is 2.58. The fraction of sp³-hybridized carbons (Fsp3) is 0.263. The van der Waals surface area contributed by atoms with E-state index in [-0.39, 0.29) is 17.6 Å². The number of urea groups is 1. The minimum atomic E-state index is -0.120. The third-order valence-electron chi connectivity index (χ3n) is 4.49. The zero-order valence-corrected chi connectivity index (χ0v) is 15.0. The summed E-state index contributed by atoms with van der Waals surface area (Å²) in [4.78, 5) is 24.2. The number of oxazole rings is 1. The maximum atomic E-state index is 12.4. The van der Waals surface area contributed by atoms with Gasteiger partial charge in [0, 0.05) is 45.1 Å². The number of rotatable bonds is 4. The quantitative estimate of drug-likeness (QED) is 0.741. The Labute approximate surface area is 161 Å². The second kappa shape index (κ2) is 7.84. The van der Waals surface area contributed by atoms with Crippen molar-refractivity contribution in [3.05, 3.63) is 54.2 Å². The van der Waals surface area contributed by atoms with E-state index in [1.807, 2.05) is 17.0 Å². The molecule has 142 valence electrons. The van der Waals surface area contributed by atoms with Crippen molar-refractivity contribution in [3.63, 3.8) is 0 Å². The lowest BCUT2D eigenvalue weighted by Gasteiger charge is -2.34. The second-order valence-corrected chi connectivity index (χ2v) is 6.25. The summed E-state index contributed by atoms with van der Waals surface area (Å²) in [5.41, 5.74) is 1.20. The minimum absolute atomic E-state index is 0.120. The number of hydrogen-bond donors (Lipinski definition) is 1. The van der Waals surface area contributed by atoms with Gasteiger partial charge in [-0.2, -0.15) is 10.2 Å². The van der Waals surface area contributed by atoms with Crippen molar-refractivity contribution in [1.29, 1.82) is 5.26 Å². The molecule has 0 atom stereocenters. The molecule has 1 saturated heterocycles. The Morgan fingerprint density at radius 2 is 2.00 bits per heavy atom. The number of pyridine rings is 1. The molecule has 1 aliphatic heterocycles. The monoisotopic (exact) mass is 378 g/mol. The van der Waals surface area contributed by atoms with Gasteiger partial charge in [-0.3, -0.25) is 4.98 Å². The number of piperazine rings is 1. The molecule has 28 heavy (non-hydrogen) atoms. The van der Waals surface area contributed by atoms with Crippen LogP contribution >= 0.6 is 0 Å². The number of nitrogens with zero attached hydrogens (tertiary/aromatic N) is 5. The van der Waals surface area contributed by atoms with Crippen molar-refractivity contribution >= 4 is 11.9 Å². The summed E-state index contributed by atoms with van der Waals surface area (Å²) in [6.07, 6.45) is 4.91. The third kappa shape index (κ3) is 3.66. The molecule has 9 nitrogen and oxygen atoms in total. The fourth-order valence-corrected chi connectivity index (χ4v) is 3.01. The molecule has 0 saturated carbocycles. The molecule has 1 aliphatic rings. The van der Waals surface area contributed by atoms with Crippen molar-refractivity contribution < 1.29 is 13.6 Å². The van der Waals surface area contributed by atoms with Gasteiger partial charge in [0.05, 0.1) is 6.26 Å². The van der Waals surface area contributed by atoms with Crippen LogP contribution in [0.1, 0.15) is 11.3 Å². The Morgan fingerprint density at radius 1 is 1.21 bits per heavy atom. The van der Waals surface area contributed by atoms with Gasteiger partial charge in [0.25, 0.3) is 5.89 Å². The molecule has 1 fully saturated rings. The van der Waals surface area contributed by atoms with E-state index < -0.39 is 0 Å². The first-order valence-corrected chi connectivity index (χ1v) is 8.86. The molecule has 0 unspecified atom stereocenters. The largest absolute Gasteiger partial charge is 0.459 e. The summed E-state index contributed by atoms with van der Waals surface area (Å²) in [5, 5.41) is 12.3. The van der Waals surface area contributed by atoms with Gasteiger partial charge in [-0.15, -0.1) is 0 Å². The number of nitrogens with one attached hydrogen (secondary N) is 1. The van der Waals surface area contributed by atoms with E-state index in [1.165, 1.54) is 6.26 Å². The van der Waals surface area contributed by atoms with Crippen molar-refractivity contribution in [2.24, 2.45) is 0 Å². The van der Waals surface area contributed by atoms with Crippen LogP contribution < -0.4 is 10.2 Å². The number of carbonyl (C=O) groups is 1. The molecule has 0 aromatic carbocycles. The fourth-order valence-electron chi connectivity index (χ4n) is 3.01. The van der Waals surface area contributed by atoms with Crippen LogP contribution in [-0.4, -0.2) is 47.1 Å². The average Bonchev–Trinajstić information content (AvgIpc) is 3.42. The highest BCUT2D eigenvalue weighted by atomic mass is 16.4. The van der Waals surface area contributed by atoms with Crippen LogP contribution in [0.3, 0.4) is 0 Å². The highest BCUT2D eigenvalue weighted by Gasteiger charge is 2.27. The van der Waals surface area contributed by atoms with Gasteiger partial charge in [0.2, 0.25) is 11.6 Å². The number of anilines is 1. The molecular formula is C19H18N6O3. The first kappa shape index (κ1) is 17.6. The Balaban J connectivity index is 1.36. The molecule has 0 bridgehead atoms. The number of hydrogen-bond acceptors (Lipinski definition) is 7. The highest BCUT2D eigenvalue weighted by Crippen LogP contribution is 2.29. The van der Waals surface area contributed by atoms with Crippen LogP contribution in [0.25, 0.3) is 11.7 Å². The van der Waals surface area contributed by atoms with Crippen LogP contribution in [-0.2, 0) is 6.54 Å². The van der Waals surface area contributed by atoms with Gasteiger partial charge >= 0.3 is 6.03 Å². The number of carbonyl (C=O) groups excluding carboxylic acids is 1. The molecular weight excluding hydrogens is 360 g/mol. The Bertz CT molecular complexity index is 969. The lowest BCUT2D eigenvalue weighted by Crippen LogP contribution is -2.51. The van der Waals surface area contributed by atoms with Crippen molar-refractivity contribution in [3.8, 4) is 17.7 Å². The number of aromatic nitrogens is 2. The molecule has 4 heterocycles. The van der Waals surface area contributed by atoms with E-state index in [0.29, 0.717) is 44.4 Å². The van der Waals surface area contributed by atoms with Crippen molar-refractivity contribution in [1.82, 2.24) is 20.2 Å². The third-order valence-corrected chi connectivity index (χ3v) is 4.49. The lowest BCUT2D eigenvalue weighted by atomic mass is 10.3. The van der Waals surface area contributed by atoms with Crippen LogP contribution in [0.4, 0.5) is 10.7 Å². The predicted octanol–water partition coefficient (Wildman–Crippen LogP) is 2.23. The number of amides is 2. The van der Waals surface area contributed by atoms with Crippen LogP contribution in [0, 0.1) is 11.3 Å². The van der Waals surface area contributed by atoms with Crippen molar-refractivity contribution in [2.75, 3.05) is 31.1 Å². The number of nitriles is 1. The zero-order chi connectivity index (χ0) is 19.3. The molecule has 3 aromatic rings. The van der Waals surface area contributed by atoms with Gasteiger partial charge < -0.3 is 24.0 Å². The topological polar surface area (TPSA) is 111 Å². The molecule has 0 radical (unpaired) electrons. The van der Waals surface area contributed by atoms with E-state index in [9.17, 15) is 10.1 Å². The average molecular weight is 378 g/mol. The van der Waals surface area contributed by atoms with E-state index in [4.69, 9.17) is 8.83 Å². The second-order valence-electron chi connectivity index (χ2n) is 6.25. The predicted molar refractivity (Wildman–Crippen MR) is 99.2 cm³/mol. The molecule has 0 aliphatic carbocycles. The zero-order valence-electron chi connectivity index (χ0n) is 15.0. The number of furan rings is 1. The summed E-state index contributed by atoms with van der Waals surface area (Å²) >= 11 is 0. The molecule has 0 spiro atoms. The molecule has 1 N–H and O–H groups in total. The molecule has 3 aromatic heterocycles. The highest BCUT2D eigenvalue weighted by molar-refractivity contribution is 5.74. The smallest absolute Gasteiger partial charge is 0.317 e. The normalized spacial score (nSPS) is 14.0. The van der Waals surface area contributed by atoms with E-state index >= 15 is 0 Å². The van der Waals surface area contributed by atoms with Crippen LogP contribution in [0.15, 0.2) is 51.8 Å².